The van der Waals surface area contributed by atoms with Gasteiger partial charge >= 0.3 is 0 Å². The maximum absolute atomic E-state index is 10.2. The summed E-state index contributed by atoms with van der Waals surface area (Å²) in [6.45, 7) is 0. The number of hydrogen-bond donors (Lipinski definition) is 1. The van der Waals surface area contributed by atoms with Gasteiger partial charge in [0, 0.05) is 30.4 Å². The summed E-state index contributed by atoms with van der Waals surface area (Å²) in [5.74, 6) is 0.264. The molecule has 0 aliphatic carbocycles. The lowest BCUT2D eigenvalue weighted by atomic mass is 9.95. The van der Waals surface area contributed by atoms with E-state index in [1.54, 1.807) is 30.9 Å². The van der Waals surface area contributed by atoms with Gasteiger partial charge in [-0.05, 0) is 47.0 Å². The quantitative estimate of drug-likeness (QED) is 0.754. The highest BCUT2D eigenvalue weighted by Gasteiger charge is 2.11. The Balaban J connectivity index is 2.25. The highest BCUT2D eigenvalue weighted by Crippen LogP contribution is 2.37. The molecule has 0 unspecified atom stereocenters. The summed E-state index contributed by atoms with van der Waals surface area (Å²) in [7, 11) is 0. The van der Waals surface area contributed by atoms with E-state index in [9.17, 15) is 5.11 Å². The Morgan fingerprint density at radius 1 is 0.684 bits per heavy atom. The van der Waals surface area contributed by atoms with Crippen LogP contribution in [0.2, 0.25) is 0 Å². The second-order valence-electron chi connectivity index (χ2n) is 4.17. The van der Waals surface area contributed by atoms with Crippen LogP contribution in [0.4, 0.5) is 0 Å². The van der Waals surface area contributed by atoms with E-state index in [-0.39, 0.29) is 5.75 Å². The monoisotopic (exact) mass is 248 g/mol. The molecule has 2 aromatic heterocycles. The Morgan fingerprint density at radius 2 is 1.26 bits per heavy atom. The normalized spacial score (nSPS) is 10.3. The van der Waals surface area contributed by atoms with E-state index < -0.39 is 0 Å². The minimum atomic E-state index is 0.264. The van der Waals surface area contributed by atoms with Gasteiger partial charge in [-0.3, -0.25) is 9.97 Å². The summed E-state index contributed by atoms with van der Waals surface area (Å²) in [5, 5.41) is 10.2. The van der Waals surface area contributed by atoms with Crippen LogP contribution < -0.4 is 0 Å². The van der Waals surface area contributed by atoms with Crippen LogP contribution in [0.25, 0.3) is 22.3 Å². The first-order chi connectivity index (χ1) is 9.36. The van der Waals surface area contributed by atoms with Gasteiger partial charge in [0.25, 0.3) is 0 Å². The molecule has 3 heteroatoms. The molecule has 0 aliphatic heterocycles. The van der Waals surface area contributed by atoms with Crippen LogP contribution in [0, 0.1) is 0 Å². The van der Waals surface area contributed by atoms with Crippen LogP contribution in [0.3, 0.4) is 0 Å². The third-order valence-corrected chi connectivity index (χ3v) is 3.00. The van der Waals surface area contributed by atoms with Crippen molar-refractivity contribution in [3.05, 3.63) is 67.3 Å². The summed E-state index contributed by atoms with van der Waals surface area (Å²) >= 11 is 0. The lowest BCUT2D eigenvalue weighted by Gasteiger charge is -2.11. The van der Waals surface area contributed by atoms with Gasteiger partial charge in [-0.1, -0.05) is 12.1 Å². The second-order valence-corrected chi connectivity index (χ2v) is 4.17. The molecule has 0 fully saturated rings. The molecule has 0 amide bonds. The molecule has 0 aliphatic rings. The Hall–Kier alpha value is -2.68. The third-order valence-electron chi connectivity index (χ3n) is 3.00. The van der Waals surface area contributed by atoms with Gasteiger partial charge in [-0.15, -0.1) is 0 Å². The Morgan fingerprint density at radius 3 is 1.89 bits per heavy atom. The van der Waals surface area contributed by atoms with Crippen LogP contribution in [0.15, 0.2) is 67.3 Å². The molecule has 1 aromatic carbocycles. The lowest BCUT2D eigenvalue weighted by Crippen LogP contribution is -1.86. The number of phenolic OH excluding ortho intramolecular Hbond substituents is 1. The van der Waals surface area contributed by atoms with Gasteiger partial charge in [0.2, 0.25) is 0 Å². The van der Waals surface area contributed by atoms with Crippen molar-refractivity contribution in [3.63, 3.8) is 0 Å². The maximum Gasteiger partial charge on any atom is 0.124 e. The molecule has 0 bridgehead atoms. The number of rotatable bonds is 2. The van der Waals surface area contributed by atoms with Crippen LogP contribution in [-0.4, -0.2) is 15.1 Å². The lowest BCUT2D eigenvalue weighted by molar-refractivity contribution is 0.477. The summed E-state index contributed by atoms with van der Waals surface area (Å²) in [6.07, 6.45) is 6.93. The highest BCUT2D eigenvalue weighted by molar-refractivity contribution is 5.87. The largest absolute Gasteiger partial charge is 0.507 e. The molecule has 0 saturated carbocycles. The average molecular weight is 248 g/mol. The first kappa shape index (κ1) is 11.4. The number of aromatic nitrogens is 2. The summed E-state index contributed by atoms with van der Waals surface area (Å²) in [5.41, 5.74) is 3.77. The van der Waals surface area contributed by atoms with E-state index >= 15 is 0 Å². The van der Waals surface area contributed by atoms with Crippen molar-refractivity contribution in [2.75, 3.05) is 0 Å². The first-order valence-corrected chi connectivity index (χ1v) is 5.99. The van der Waals surface area contributed by atoms with Crippen molar-refractivity contribution < 1.29 is 5.11 Å². The molecular formula is C16H12N2O. The smallest absolute Gasteiger partial charge is 0.124 e. The third kappa shape index (κ3) is 2.18. The standard InChI is InChI=1S/C16H12N2O/c19-15-3-1-2-14(12-4-8-17-9-5-12)16(15)13-6-10-18-11-7-13/h1-11,19H. The summed E-state index contributed by atoms with van der Waals surface area (Å²) in [6, 6.07) is 13.2. The van der Waals surface area contributed by atoms with Gasteiger partial charge in [-0.2, -0.15) is 0 Å². The predicted octanol–water partition coefficient (Wildman–Crippen LogP) is 3.52. The van der Waals surface area contributed by atoms with E-state index in [1.165, 1.54) is 0 Å². The van der Waals surface area contributed by atoms with E-state index in [0.717, 1.165) is 22.3 Å². The second kappa shape index (κ2) is 4.90. The molecule has 0 spiro atoms. The molecule has 0 radical (unpaired) electrons. The van der Waals surface area contributed by atoms with Crippen LogP contribution in [0.1, 0.15) is 0 Å². The average Bonchev–Trinajstić information content (AvgIpc) is 2.49. The Bertz CT molecular complexity index is 682. The maximum atomic E-state index is 10.2. The fraction of sp³-hybridized carbons (Fsp3) is 0. The predicted molar refractivity (Wildman–Crippen MR) is 74.6 cm³/mol. The molecule has 3 nitrogen and oxygen atoms in total. The number of benzene rings is 1. The fourth-order valence-electron chi connectivity index (χ4n) is 2.13. The molecule has 3 aromatic rings. The van der Waals surface area contributed by atoms with Crippen molar-refractivity contribution in [2.24, 2.45) is 0 Å². The minimum Gasteiger partial charge on any atom is -0.507 e. The van der Waals surface area contributed by atoms with Gasteiger partial charge < -0.3 is 5.11 Å². The van der Waals surface area contributed by atoms with Crippen LogP contribution >= 0.6 is 0 Å². The van der Waals surface area contributed by atoms with Crippen molar-refractivity contribution >= 4 is 0 Å². The molecule has 19 heavy (non-hydrogen) atoms. The molecule has 0 saturated heterocycles. The minimum absolute atomic E-state index is 0.264. The van der Waals surface area contributed by atoms with E-state index in [4.69, 9.17) is 0 Å². The van der Waals surface area contributed by atoms with Gasteiger partial charge in [0.15, 0.2) is 0 Å². The van der Waals surface area contributed by atoms with E-state index in [0.29, 0.717) is 0 Å². The fourth-order valence-corrected chi connectivity index (χ4v) is 2.13. The van der Waals surface area contributed by atoms with E-state index in [1.807, 2.05) is 36.4 Å². The van der Waals surface area contributed by atoms with Crippen molar-refractivity contribution in [2.45, 2.75) is 0 Å². The number of pyridine rings is 2. The molecule has 92 valence electrons. The number of phenols is 1. The van der Waals surface area contributed by atoms with E-state index in [2.05, 4.69) is 9.97 Å². The zero-order valence-corrected chi connectivity index (χ0v) is 10.2. The highest BCUT2D eigenvalue weighted by atomic mass is 16.3. The molecule has 3 rings (SSSR count). The zero-order chi connectivity index (χ0) is 13.1. The Labute approximate surface area is 111 Å². The molecular weight excluding hydrogens is 236 g/mol. The molecule has 0 atom stereocenters. The topological polar surface area (TPSA) is 46.0 Å². The first-order valence-electron chi connectivity index (χ1n) is 5.99. The van der Waals surface area contributed by atoms with Gasteiger partial charge in [0.1, 0.15) is 5.75 Å². The number of nitrogens with zero attached hydrogens (tertiary/aromatic N) is 2. The van der Waals surface area contributed by atoms with Crippen LogP contribution in [0.5, 0.6) is 5.75 Å². The number of hydrogen-bond acceptors (Lipinski definition) is 3. The molecule has 1 N–H and O–H groups in total. The number of aromatic hydroxyl groups is 1. The molecule has 2 heterocycles. The Kier molecular flexibility index (Phi) is 2.94. The zero-order valence-electron chi connectivity index (χ0n) is 10.2. The SMILES string of the molecule is Oc1cccc(-c2ccncc2)c1-c1ccncc1. The van der Waals surface area contributed by atoms with Crippen molar-refractivity contribution in [3.8, 4) is 28.0 Å². The van der Waals surface area contributed by atoms with Crippen LogP contribution in [-0.2, 0) is 0 Å². The van der Waals surface area contributed by atoms with Crippen molar-refractivity contribution in [1.29, 1.82) is 0 Å². The van der Waals surface area contributed by atoms with Gasteiger partial charge in [-0.25, -0.2) is 0 Å². The summed E-state index contributed by atoms with van der Waals surface area (Å²) < 4.78 is 0. The summed E-state index contributed by atoms with van der Waals surface area (Å²) in [4.78, 5) is 8.03. The van der Waals surface area contributed by atoms with Gasteiger partial charge in [0.05, 0.1) is 0 Å². The van der Waals surface area contributed by atoms with Crippen molar-refractivity contribution in [1.82, 2.24) is 9.97 Å².